The third kappa shape index (κ3) is 3.74. The summed E-state index contributed by atoms with van der Waals surface area (Å²) in [7, 11) is 0. The number of benzene rings is 2. The summed E-state index contributed by atoms with van der Waals surface area (Å²) in [6, 6.07) is 13.0. The van der Waals surface area contributed by atoms with E-state index in [1.807, 2.05) is 38.1 Å². The summed E-state index contributed by atoms with van der Waals surface area (Å²) in [5.74, 6) is 0.236. The number of rotatable bonds is 3. The molecule has 0 saturated carbocycles. The van der Waals surface area contributed by atoms with Crippen LogP contribution in [0.3, 0.4) is 0 Å². The SMILES string of the molecule is CC1(C)Cc2nc(N3CCOc4ccc(-c5ccc(C(=O)N6CC7CC6C(=O)O7)cc5)cc43)sc2C(=O)N1. The Morgan fingerprint density at radius 2 is 1.92 bits per heavy atom. The molecule has 194 valence electrons. The minimum Gasteiger partial charge on any atom is -0.490 e. The summed E-state index contributed by atoms with van der Waals surface area (Å²) >= 11 is 1.41. The molecule has 3 aromatic rings. The Kier molecular flexibility index (Phi) is 5.07. The first-order valence-corrected chi connectivity index (χ1v) is 13.6. The van der Waals surface area contributed by atoms with E-state index < -0.39 is 6.04 Å². The van der Waals surface area contributed by atoms with Crippen molar-refractivity contribution in [3.8, 4) is 16.9 Å². The largest absolute Gasteiger partial charge is 0.490 e. The summed E-state index contributed by atoms with van der Waals surface area (Å²) in [5, 5.41) is 3.84. The van der Waals surface area contributed by atoms with Crippen molar-refractivity contribution in [1.29, 1.82) is 0 Å². The monoisotopic (exact) mass is 530 g/mol. The second kappa shape index (κ2) is 8.29. The molecule has 9 nitrogen and oxygen atoms in total. The van der Waals surface area contributed by atoms with Gasteiger partial charge >= 0.3 is 5.97 Å². The van der Waals surface area contributed by atoms with Gasteiger partial charge in [0.25, 0.3) is 11.8 Å². The molecule has 2 atom stereocenters. The Bertz CT molecular complexity index is 1500. The maximum absolute atomic E-state index is 13.0. The van der Waals surface area contributed by atoms with E-state index in [0.717, 1.165) is 33.4 Å². The molecule has 4 aliphatic heterocycles. The van der Waals surface area contributed by atoms with Crippen molar-refractivity contribution in [3.63, 3.8) is 0 Å². The molecule has 10 heteroatoms. The molecule has 2 saturated heterocycles. The average Bonchev–Trinajstić information content (AvgIpc) is 3.61. The Balaban J connectivity index is 1.16. The Hall–Kier alpha value is -3.92. The van der Waals surface area contributed by atoms with Gasteiger partial charge in [0.05, 0.1) is 24.5 Å². The van der Waals surface area contributed by atoms with Crippen LogP contribution in [0.25, 0.3) is 11.1 Å². The topological polar surface area (TPSA) is 101 Å². The fourth-order valence-corrected chi connectivity index (χ4v) is 6.74. The van der Waals surface area contributed by atoms with Crippen molar-refractivity contribution in [1.82, 2.24) is 15.2 Å². The molecule has 0 radical (unpaired) electrons. The van der Waals surface area contributed by atoms with E-state index >= 15 is 0 Å². The highest BCUT2D eigenvalue weighted by atomic mass is 32.1. The number of likely N-dealkylation sites (tertiary alicyclic amines) is 1. The predicted molar refractivity (Wildman–Crippen MR) is 141 cm³/mol. The van der Waals surface area contributed by atoms with Crippen molar-refractivity contribution < 1.29 is 23.9 Å². The van der Waals surface area contributed by atoms with E-state index in [0.29, 0.717) is 43.0 Å². The number of morpholine rings is 1. The summed E-state index contributed by atoms with van der Waals surface area (Å²) in [5.41, 5.74) is 3.89. The predicted octanol–water partition coefficient (Wildman–Crippen LogP) is 3.55. The summed E-state index contributed by atoms with van der Waals surface area (Å²) in [6.45, 7) is 5.62. The number of nitrogens with zero attached hydrogens (tertiary/aromatic N) is 3. The molecule has 2 fully saturated rings. The number of carbonyl (C=O) groups excluding carboxylic acids is 3. The lowest BCUT2D eigenvalue weighted by Gasteiger charge is -2.30. The van der Waals surface area contributed by atoms with Crippen molar-refractivity contribution in [3.05, 3.63) is 58.6 Å². The normalized spacial score (nSPS) is 22.9. The molecule has 0 spiro atoms. The smallest absolute Gasteiger partial charge is 0.329 e. The summed E-state index contributed by atoms with van der Waals surface area (Å²) < 4.78 is 11.1. The number of hydrogen-bond donors (Lipinski definition) is 1. The highest BCUT2D eigenvalue weighted by molar-refractivity contribution is 7.17. The lowest BCUT2D eigenvalue weighted by Crippen LogP contribution is -2.48. The van der Waals surface area contributed by atoms with Gasteiger partial charge in [0, 0.05) is 23.9 Å². The lowest BCUT2D eigenvalue weighted by atomic mass is 9.94. The molecule has 0 aliphatic carbocycles. The molecule has 38 heavy (non-hydrogen) atoms. The molecule has 2 aromatic carbocycles. The van der Waals surface area contributed by atoms with E-state index in [9.17, 15) is 14.4 Å². The second-order valence-corrected chi connectivity index (χ2v) is 11.8. The number of esters is 1. The van der Waals surface area contributed by atoms with Gasteiger partial charge in [0.15, 0.2) is 5.13 Å². The zero-order valence-electron chi connectivity index (χ0n) is 21.0. The Morgan fingerprint density at radius 3 is 2.68 bits per heavy atom. The minimum atomic E-state index is -0.465. The van der Waals surface area contributed by atoms with E-state index in [1.54, 1.807) is 17.0 Å². The van der Waals surface area contributed by atoms with E-state index in [1.165, 1.54) is 11.3 Å². The number of amides is 2. The van der Waals surface area contributed by atoms with E-state index in [4.69, 9.17) is 14.5 Å². The van der Waals surface area contributed by atoms with Gasteiger partial charge in [0.2, 0.25) is 0 Å². The first kappa shape index (κ1) is 23.2. The lowest BCUT2D eigenvalue weighted by molar-refractivity contribution is -0.149. The average molecular weight is 531 g/mol. The van der Waals surface area contributed by atoms with Crippen LogP contribution in [0.15, 0.2) is 42.5 Å². The molecule has 2 amide bonds. The molecule has 2 bridgehead atoms. The molecule has 2 unspecified atom stereocenters. The van der Waals surface area contributed by atoms with Gasteiger partial charge < -0.3 is 24.6 Å². The van der Waals surface area contributed by atoms with Crippen LogP contribution in [0.1, 0.15) is 46.0 Å². The first-order chi connectivity index (χ1) is 18.3. The second-order valence-electron chi connectivity index (χ2n) is 10.8. The molecule has 1 N–H and O–H groups in total. The van der Waals surface area contributed by atoms with Crippen molar-refractivity contribution in [2.45, 2.75) is 44.4 Å². The van der Waals surface area contributed by atoms with Crippen LogP contribution >= 0.6 is 11.3 Å². The molecule has 5 heterocycles. The van der Waals surface area contributed by atoms with Crippen LogP contribution in [0.2, 0.25) is 0 Å². The van der Waals surface area contributed by atoms with E-state index in [-0.39, 0.29) is 29.4 Å². The van der Waals surface area contributed by atoms with Crippen LogP contribution in [0.4, 0.5) is 10.8 Å². The first-order valence-electron chi connectivity index (χ1n) is 12.7. The molecule has 7 rings (SSSR count). The Morgan fingerprint density at radius 1 is 1.13 bits per heavy atom. The number of nitrogens with one attached hydrogen (secondary N) is 1. The number of anilines is 2. The quantitative estimate of drug-likeness (QED) is 0.517. The van der Waals surface area contributed by atoms with Crippen LogP contribution < -0.4 is 15.0 Å². The van der Waals surface area contributed by atoms with Crippen molar-refractivity contribution >= 4 is 39.9 Å². The van der Waals surface area contributed by atoms with Crippen LogP contribution in [0.5, 0.6) is 5.75 Å². The molecule has 4 aliphatic rings. The van der Waals surface area contributed by atoms with Gasteiger partial charge in [-0.1, -0.05) is 29.5 Å². The zero-order chi connectivity index (χ0) is 26.2. The van der Waals surface area contributed by atoms with E-state index in [2.05, 4.69) is 16.3 Å². The minimum absolute atomic E-state index is 0.0736. The number of hydrogen-bond acceptors (Lipinski definition) is 8. The fourth-order valence-electron chi connectivity index (χ4n) is 5.72. The number of aromatic nitrogens is 1. The zero-order valence-corrected chi connectivity index (χ0v) is 21.8. The third-order valence-electron chi connectivity index (χ3n) is 7.55. The maximum Gasteiger partial charge on any atom is 0.329 e. The standard InChI is InChI=1S/C28H26N4O5S/c1-28(2)13-19-23(24(33)30-28)38-27(29-19)31-9-10-36-22-8-7-17(11-20(22)31)15-3-5-16(6-4-15)25(34)32-14-18-12-21(32)26(35)37-18/h3-8,11,18,21H,9-10,12-14H2,1-2H3,(H,30,33). The van der Waals surface area contributed by atoms with Crippen LogP contribution in [0, 0.1) is 0 Å². The summed E-state index contributed by atoms with van der Waals surface area (Å²) in [4.78, 5) is 46.9. The van der Waals surface area contributed by atoms with Crippen molar-refractivity contribution in [2.75, 3.05) is 24.6 Å². The Labute approximate surface area is 223 Å². The molecular weight excluding hydrogens is 504 g/mol. The maximum atomic E-state index is 13.0. The number of ether oxygens (including phenoxy) is 2. The van der Waals surface area contributed by atoms with Crippen LogP contribution in [-0.4, -0.2) is 65.0 Å². The van der Waals surface area contributed by atoms with Crippen molar-refractivity contribution in [2.24, 2.45) is 0 Å². The number of carbonyl (C=O) groups is 3. The van der Waals surface area contributed by atoms with Gasteiger partial charge in [-0.25, -0.2) is 9.78 Å². The van der Waals surface area contributed by atoms with Gasteiger partial charge in [-0.3, -0.25) is 9.59 Å². The molecular formula is C28H26N4O5S. The van der Waals surface area contributed by atoms with Crippen LogP contribution in [-0.2, 0) is 16.0 Å². The highest BCUT2D eigenvalue weighted by Gasteiger charge is 2.48. The third-order valence-corrected chi connectivity index (χ3v) is 8.67. The molecule has 1 aromatic heterocycles. The van der Waals surface area contributed by atoms with Gasteiger partial charge in [-0.15, -0.1) is 0 Å². The fraction of sp³-hybridized carbons (Fsp3) is 0.357. The number of fused-ring (bicyclic) bond motifs is 4. The van der Waals surface area contributed by atoms with Gasteiger partial charge in [0.1, 0.15) is 29.4 Å². The summed E-state index contributed by atoms with van der Waals surface area (Å²) in [6.07, 6.45) is 1.09. The van der Waals surface area contributed by atoms with Gasteiger partial charge in [-0.05, 0) is 49.2 Å². The van der Waals surface area contributed by atoms with Gasteiger partial charge in [-0.2, -0.15) is 0 Å². The highest BCUT2D eigenvalue weighted by Crippen LogP contribution is 2.42. The number of thiazole rings is 1.